The Morgan fingerprint density at radius 2 is 1.91 bits per heavy atom. The lowest BCUT2D eigenvalue weighted by molar-refractivity contribution is 0.241. The molecular weight excluding hydrogens is 294 g/mol. The van der Waals surface area contributed by atoms with E-state index in [4.69, 9.17) is 0 Å². The van der Waals surface area contributed by atoms with Gasteiger partial charge in [0.05, 0.1) is 6.54 Å². The quantitative estimate of drug-likeness (QED) is 0.849. The molecule has 3 rings (SSSR count). The van der Waals surface area contributed by atoms with Gasteiger partial charge in [-0.3, -0.25) is 9.80 Å². The van der Waals surface area contributed by atoms with Crippen LogP contribution < -0.4 is 0 Å². The van der Waals surface area contributed by atoms with Crippen LogP contribution in [0.2, 0.25) is 0 Å². The summed E-state index contributed by atoms with van der Waals surface area (Å²) in [5, 5.41) is 10.5. The van der Waals surface area contributed by atoms with E-state index in [0.29, 0.717) is 6.04 Å². The average molecular weight is 319 g/mol. The van der Waals surface area contributed by atoms with Gasteiger partial charge in [0.1, 0.15) is 12.2 Å². The van der Waals surface area contributed by atoms with E-state index in [1.807, 2.05) is 17.7 Å². The van der Waals surface area contributed by atoms with E-state index in [2.05, 4.69) is 55.9 Å². The molecule has 0 atom stereocenters. The van der Waals surface area contributed by atoms with Gasteiger partial charge in [-0.05, 0) is 44.8 Å². The number of rotatable bonds is 5. The second-order valence-corrected chi connectivity index (χ2v) is 7.27. The van der Waals surface area contributed by atoms with Gasteiger partial charge >= 0.3 is 0 Å². The molecule has 1 fully saturated rings. The molecule has 1 aliphatic rings. The van der Waals surface area contributed by atoms with E-state index >= 15 is 0 Å². The van der Waals surface area contributed by atoms with Gasteiger partial charge in [0.2, 0.25) is 0 Å². The molecule has 2 aromatic rings. The molecule has 5 nitrogen and oxygen atoms in total. The van der Waals surface area contributed by atoms with Gasteiger partial charge in [-0.2, -0.15) is 0 Å². The summed E-state index contributed by atoms with van der Waals surface area (Å²) < 4.78 is 2.17. The van der Waals surface area contributed by atoms with Crippen LogP contribution in [0, 0.1) is 0 Å². The summed E-state index contributed by atoms with van der Waals surface area (Å²) in [5.41, 5.74) is 0. The molecule has 1 saturated heterocycles. The van der Waals surface area contributed by atoms with Crippen molar-refractivity contribution in [3.05, 3.63) is 34.5 Å². The molecule has 0 unspecified atom stereocenters. The molecule has 0 aliphatic carbocycles. The van der Waals surface area contributed by atoms with E-state index in [0.717, 1.165) is 38.5 Å². The largest absolute Gasteiger partial charge is 0.314 e. The summed E-state index contributed by atoms with van der Waals surface area (Å²) in [5.74, 6) is 1.08. The van der Waals surface area contributed by atoms with Crippen molar-refractivity contribution >= 4 is 11.3 Å². The van der Waals surface area contributed by atoms with Crippen LogP contribution >= 0.6 is 11.3 Å². The fourth-order valence-corrected chi connectivity index (χ4v) is 3.72. The van der Waals surface area contributed by atoms with Crippen molar-refractivity contribution in [2.75, 3.05) is 26.2 Å². The van der Waals surface area contributed by atoms with Crippen LogP contribution in [0.5, 0.6) is 0 Å². The predicted molar refractivity (Wildman–Crippen MR) is 89.9 cm³/mol. The molecule has 0 N–H and O–H groups in total. The second-order valence-electron chi connectivity index (χ2n) is 6.23. The first-order valence-electron chi connectivity index (χ1n) is 8.08. The van der Waals surface area contributed by atoms with Gasteiger partial charge in [0, 0.05) is 30.6 Å². The van der Waals surface area contributed by atoms with Crippen molar-refractivity contribution in [1.29, 1.82) is 0 Å². The average Bonchev–Trinajstić information content (AvgIpc) is 3.10. The molecule has 0 bridgehead atoms. The first kappa shape index (κ1) is 15.6. The highest BCUT2D eigenvalue weighted by atomic mass is 32.1. The highest BCUT2D eigenvalue weighted by Crippen LogP contribution is 2.15. The van der Waals surface area contributed by atoms with Gasteiger partial charge in [0.15, 0.2) is 0 Å². The highest BCUT2D eigenvalue weighted by molar-refractivity contribution is 7.09. The number of aromatic nitrogens is 3. The van der Waals surface area contributed by atoms with Crippen LogP contribution in [0.15, 0.2) is 23.8 Å². The van der Waals surface area contributed by atoms with E-state index in [9.17, 15) is 0 Å². The molecule has 1 aliphatic heterocycles. The van der Waals surface area contributed by atoms with Crippen LogP contribution in [0.3, 0.4) is 0 Å². The monoisotopic (exact) mass is 319 g/mol. The molecule has 6 heteroatoms. The van der Waals surface area contributed by atoms with Crippen molar-refractivity contribution in [3.63, 3.8) is 0 Å². The van der Waals surface area contributed by atoms with Gasteiger partial charge in [0.25, 0.3) is 0 Å². The molecule has 2 aromatic heterocycles. The lowest BCUT2D eigenvalue weighted by Crippen LogP contribution is -2.31. The highest BCUT2D eigenvalue weighted by Gasteiger charge is 2.18. The summed E-state index contributed by atoms with van der Waals surface area (Å²) in [6.45, 7) is 10.9. The Morgan fingerprint density at radius 3 is 2.59 bits per heavy atom. The molecule has 3 heterocycles. The molecule has 0 radical (unpaired) electrons. The summed E-state index contributed by atoms with van der Waals surface area (Å²) in [6, 6.07) is 4.80. The molecule has 0 amide bonds. The standard InChI is InChI=1S/C16H25N5S/c1-14(2)21-13-17-18-16(21)12-20-7-4-6-19(8-9-20)11-15-5-3-10-22-15/h3,5,10,13-14H,4,6-9,11-12H2,1-2H3. The van der Waals surface area contributed by atoms with Crippen LogP contribution in [-0.4, -0.2) is 50.7 Å². The van der Waals surface area contributed by atoms with E-state index < -0.39 is 0 Å². The zero-order chi connectivity index (χ0) is 15.4. The topological polar surface area (TPSA) is 37.2 Å². The SMILES string of the molecule is CC(C)n1cnnc1CN1CCCN(Cc2cccs2)CC1. The van der Waals surface area contributed by atoms with Gasteiger partial charge in [-0.1, -0.05) is 6.07 Å². The third kappa shape index (κ3) is 3.94. The number of thiophene rings is 1. The third-order valence-electron chi connectivity index (χ3n) is 4.21. The molecule has 0 saturated carbocycles. The lowest BCUT2D eigenvalue weighted by atomic mass is 10.3. The third-order valence-corrected chi connectivity index (χ3v) is 5.07. The Morgan fingerprint density at radius 1 is 1.14 bits per heavy atom. The fourth-order valence-electron chi connectivity index (χ4n) is 2.97. The minimum atomic E-state index is 0.423. The van der Waals surface area contributed by atoms with Crippen molar-refractivity contribution in [2.24, 2.45) is 0 Å². The zero-order valence-corrected chi connectivity index (χ0v) is 14.3. The Labute approximate surface area is 136 Å². The first-order valence-corrected chi connectivity index (χ1v) is 8.96. The number of nitrogens with zero attached hydrogens (tertiary/aromatic N) is 5. The maximum Gasteiger partial charge on any atom is 0.147 e. The molecular formula is C16H25N5S. The summed E-state index contributed by atoms with van der Waals surface area (Å²) in [7, 11) is 0. The Hall–Kier alpha value is -1.24. The second kappa shape index (κ2) is 7.35. The summed E-state index contributed by atoms with van der Waals surface area (Å²) in [6.07, 6.45) is 3.07. The summed E-state index contributed by atoms with van der Waals surface area (Å²) >= 11 is 1.86. The maximum absolute atomic E-state index is 4.30. The van der Waals surface area contributed by atoms with Crippen molar-refractivity contribution in [2.45, 2.75) is 39.4 Å². The molecule has 120 valence electrons. The van der Waals surface area contributed by atoms with Gasteiger partial charge < -0.3 is 4.57 Å². The Bertz CT molecular complexity index is 563. The number of hydrogen-bond acceptors (Lipinski definition) is 5. The van der Waals surface area contributed by atoms with E-state index in [-0.39, 0.29) is 0 Å². The molecule has 0 aromatic carbocycles. The minimum absolute atomic E-state index is 0.423. The Kier molecular flexibility index (Phi) is 5.23. The van der Waals surface area contributed by atoms with E-state index in [1.54, 1.807) is 0 Å². The van der Waals surface area contributed by atoms with Crippen LogP contribution in [0.4, 0.5) is 0 Å². The first-order chi connectivity index (χ1) is 10.7. The zero-order valence-electron chi connectivity index (χ0n) is 13.5. The van der Waals surface area contributed by atoms with Gasteiger partial charge in [-0.25, -0.2) is 0 Å². The summed E-state index contributed by atoms with van der Waals surface area (Å²) in [4.78, 5) is 6.55. The Balaban J connectivity index is 1.55. The number of hydrogen-bond donors (Lipinski definition) is 0. The smallest absolute Gasteiger partial charge is 0.147 e. The lowest BCUT2D eigenvalue weighted by Gasteiger charge is -2.21. The van der Waals surface area contributed by atoms with Crippen LogP contribution in [0.25, 0.3) is 0 Å². The normalized spacial score (nSPS) is 18.0. The maximum atomic E-state index is 4.30. The minimum Gasteiger partial charge on any atom is -0.314 e. The molecule has 22 heavy (non-hydrogen) atoms. The van der Waals surface area contributed by atoms with Gasteiger partial charge in [-0.15, -0.1) is 21.5 Å². The predicted octanol–water partition coefficient (Wildman–Crippen LogP) is 2.63. The van der Waals surface area contributed by atoms with Crippen LogP contribution in [0.1, 0.15) is 37.0 Å². The van der Waals surface area contributed by atoms with Crippen molar-refractivity contribution < 1.29 is 0 Å². The van der Waals surface area contributed by atoms with Crippen molar-refractivity contribution in [1.82, 2.24) is 24.6 Å². The van der Waals surface area contributed by atoms with E-state index in [1.165, 1.54) is 17.8 Å². The molecule has 0 spiro atoms. The van der Waals surface area contributed by atoms with Crippen LogP contribution in [-0.2, 0) is 13.1 Å². The fraction of sp³-hybridized carbons (Fsp3) is 0.625. The van der Waals surface area contributed by atoms with Crippen molar-refractivity contribution in [3.8, 4) is 0 Å².